The number of unbranched alkanes of at least 4 members (excludes halogenated alkanes) is 3. The Morgan fingerprint density at radius 3 is 2.48 bits per heavy atom. The number of hydrogen-bond acceptors (Lipinski definition) is 2. The van der Waals surface area contributed by atoms with E-state index in [1.807, 2.05) is 6.07 Å². The van der Waals surface area contributed by atoms with Gasteiger partial charge in [-0.15, -0.1) is 0 Å². The number of benzene rings is 1. The van der Waals surface area contributed by atoms with Crippen LogP contribution in [-0.4, -0.2) is 25.3 Å². The Morgan fingerprint density at radius 2 is 1.86 bits per heavy atom. The molecule has 1 aliphatic rings. The minimum atomic E-state index is -0.0594. The van der Waals surface area contributed by atoms with Crippen LogP contribution in [0.4, 0.5) is 10.1 Å². The van der Waals surface area contributed by atoms with Gasteiger partial charge >= 0.3 is 0 Å². The van der Waals surface area contributed by atoms with Crippen LogP contribution in [0.2, 0.25) is 0 Å². The standard InChI is InChI=1S/C18H28FNO/c1-4-5-6-7-8-16-9-10-17(11-18(16)19)20-12-14(2)21-15(3)13-20/h9-11,14-15H,4-8,12-13H2,1-3H3/t14-,15+. The Kier molecular flexibility index (Phi) is 6.04. The number of anilines is 1. The molecule has 3 heteroatoms. The van der Waals surface area contributed by atoms with E-state index < -0.39 is 0 Å². The maximum atomic E-state index is 14.3. The molecule has 0 aliphatic carbocycles. The molecule has 0 saturated carbocycles. The van der Waals surface area contributed by atoms with Crippen molar-refractivity contribution in [2.75, 3.05) is 18.0 Å². The summed E-state index contributed by atoms with van der Waals surface area (Å²) in [5, 5.41) is 0. The molecule has 0 unspecified atom stereocenters. The van der Waals surface area contributed by atoms with Crippen LogP contribution in [0.25, 0.3) is 0 Å². The summed E-state index contributed by atoms with van der Waals surface area (Å²) in [5.41, 5.74) is 1.83. The first-order valence-electron chi connectivity index (χ1n) is 8.29. The molecule has 1 fully saturated rings. The van der Waals surface area contributed by atoms with Crippen molar-refractivity contribution in [3.05, 3.63) is 29.6 Å². The first-order chi connectivity index (χ1) is 10.1. The average molecular weight is 293 g/mol. The predicted octanol–water partition coefficient (Wildman–Crippen LogP) is 4.56. The Hall–Kier alpha value is -1.09. The number of aryl methyl sites for hydroxylation is 1. The minimum absolute atomic E-state index is 0.0594. The highest BCUT2D eigenvalue weighted by molar-refractivity contribution is 5.49. The summed E-state index contributed by atoms with van der Waals surface area (Å²) in [5.74, 6) is -0.0594. The number of nitrogens with zero attached hydrogens (tertiary/aromatic N) is 1. The Labute approximate surface area is 128 Å². The molecule has 1 aliphatic heterocycles. The molecule has 118 valence electrons. The van der Waals surface area contributed by atoms with Gasteiger partial charge in [0.05, 0.1) is 12.2 Å². The van der Waals surface area contributed by atoms with Crippen LogP contribution in [0.3, 0.4) is 0 Å². The molecular formula is C18H28FNO. The Balaban J connectivity index is 1.98. The van der Waals surface area contributed by atoms with Gasteiger partial charge < -0.3 is 9.64 Å². The zero-order valence-electron chi connectivity index (χ0n) is 13.6. The van der Waals surface area contributed by atoms with E-state index in [-0.39, 0.29) is 18.0 Å². The number of halogens is 1. The van der Waals surface area contributed by atoms with Crippen LogP contribution in [-0.2, 0) is 11.2 Å². The van der Waals surface area contributed by atoms with E-state index in [4.69, 9.17) is 4.74 Å². The largest absolute Gasteiger partial charge is 0.372 e. The van der Waals surface area contributed by atoms with Gasteiger partial charge in [0.15, 0.2) is 0 Å². The summed E-state index contributed by atoms with van der Waals surface area (Å²) in [6.07, 6.45) is 5.97. The van der Waals surface area contributed by atoms with Gasteiger partial charge in [0.1, 0.15) is 5.82 Å². The van der Waals surface area contributed by atoms with E-state index >= 15 is 0 Å². The summed E-state index contributed by atoms with van der Waals surface area (Å²) in [6.45, 7) is 8.00. The van der Waals surface area contributed by atoms with Crippen LogP contribution >= 0.6 is 0 Å². The van der Waals surface area contributed by atoms with E-state index in [9.17, 15) is 4.39 Å². The van der Waals surface area contributed by atoms with Gasteiger partial charge in [-0.2, -0.15) is 0 Å². The van der Waals surface area contributed by atoms with Gasteiger partial charge in [-0.25, -0.2) is 4.39 Å². The molecule has 2 rings (SSSR count). The molecule has 1 saturated heterocycles. The van der Waals surface area contributed by atoms with Crippen molar-refractivity contribution in [2.24, 2.45) is 0 Å². The summed E-state index contributed by atoms with van der Waals surface area (Å²) in [7, 11) is 0. The second kappa shape index (κ2) is 7.79. The zero-order chi connectivity index (χ0) is 15.2. The zero-order valence-corrected chi connectivity index (χ0v) is 13.6. The fourth-order valence-corrected chi connectivity index (χ4v) is 3.07. The summed E-state index contributed by atoms with van der Waals surface area (Å²) in [6, 6.07) is 5.71. The topological polar surface area (TPSA) is 12.5 Å². The Bertz CT molecular complexity index is 439. The van der Waals surface area contributed by atoms with Crippen molar-refractivity contribution in [3.8, 4) is 0 Å². The fraction of sp³-hybridized carbons (Fsp3) is 0.667. The molecule has 1 aromatic carbocycles. The van der Waals surface area contributed by atoms with E-state index in [0.29, 0.717) is 0 Å². The van der Waals surface area contributed by atoms with Crippen molar-refractivity contribution in [3.63, 3.8) is 0 Å². The van der Waals surface area contributed by atoms with E-state index in [2.05, 4.69) is 31.7 Å². The molecule has 0 N–H and O–H groups in total. The van der Waals surface area contributed by atoms with Crippen LogP contribution in [0, 0.1) is 5.82 Å². The van der Waals surface area contributed by atoms with Gasteiger partial charge in [0.25, 0.3) is 0 Å². The van der Waals surface area contributed by atoms with E-state index in [1.165, 1.54) is 19.3 Å². The summed E-state index contributed by atoms with van der Waals surface area (Å²) < 4.78 is 20.0. The monoisotopic (exact) mass is 293 g/mol. The second-order valence-electron chi connectivity index (χ2n) is 6.25. The highest BCUT2D eigenvalue weighted by Gasteiger charge is 2.22. The lowest BCUT2D eigenvalue weighted by molar-refractivity contribution is -0.00523. The first kappa shape index (κ1) is 16.3. The average Bonchev–Trinajstić information content (AvgIpc) is 2.44. The fourth-order valence-electron chi connectivity index (χ4n) is 3.07. The second-order valence-corrected chi connectivity index (χ2v) is 6.25. The van der Waals surface area contributed by atoms with Crippen molar-refractivity contribution >= 4 is 5.69 Å². The minimum Gasteiger partial charge on any atom is -0.372 e. The van der Waals surface area contributed by atoms with E-state index in [1.54, 1.807) is 6.07 Å². The number of morpholine rings is 1. The highest BCUT2D eigenvalue weighted by Crippen LogP contribution is 2.23. The molecular weight excluding hydrogens is 265 g/mol. The molecule has 0 aromatic heterocycles. The van der Waals surface area contributed by atoms with Crippen LogP contribution in [0.1, 0.15) is 52.0 Å². The molecule has 2 nitrogen and oxygen atoms in total. The lowest BCUT2D eigenvalue weighted by Gasteiger charge is -2.37. The van der Waals surface area contributed by atoms with Crippen LogP contribution < -0.4 is 4.90 Å². The lowest BCUT2D eigenvalue weighted by atomic mass is 10.0. The Morgan fingerprint density at radius 1 is 1.14 bits per heavy atom. The van der Waals surface area contributed by atoms with Crippen molar-refractivity contribution in [1.29, 1.82) is 0 Å². The van der Waals surface area contributed by atoms with Gasteiger partial charge in [-0.05, 0) is 44.4 Å². The van der Waals surface area contributed by atoms with Crippen LogP contribution in [0.15, 0.2) is 18.2 Å². The third-order valence-electron chi connectivity index (χ3n) is 4.12. The quantitative estimate of drug-likeness (QED) is 0.713. The lowest BCUT2D eigenvalue weighted by Crippen LogP contribution is -2.45. The van der Waals surface area contributed by atoms with Gasteiger partial charge in [-0.3, -0.25) is 0 Å². The third-order valence-corrected chi connectivity index (χ3v) is 4.12. The first-order valence-corrected chi connectivity index (χ1v) is 8.29. The van der Waals surface area contributed by atoms with E-state index in [0.717, 1.165) is 37.2 Å². The smallest absolute Gasteiger partial charge is 0.128 e. The predicted molar refractivity (Wildman–Crippen MR) is 86.5 cm³/mol. The normalized spacial score (nSPS) is 22.6. The molecule has 0 radical (unpaired) electrons. The summed E-state index contributed by atoms with van der Waals surface area (Å²) in [4.78, 5) is 2.22. The van der Waals surface area contributed by atoms with Gasteiger partial charge in [0.2, 0.25) is 0 Å². The maximum Gasteiger partial charge on any atom is 0.128 e. The molecule has 0 bridgehead atoms. The molecule has 0 spiro atoms. The molecule has 21 heavy (non-hydrogen) atoms. The number of ether oxygens (including phenoxy) is 1. The van der Waals surface area contributed by atoms with Crippen molar-refractivity contribution in [2.45, 2.75) is 65.1 Å². The summed E-state index contributed by atoms with van der Waals surface area (Å²) >= 11 is 0. The maximum absolute atomic E-state index is 14.3. The number of hydrogen-bond donors (Lipinski definition) is 0. The van der Waals surface area contributed by atoms with Crippen molar-refractivity contribution in [1.82, 2.24) is 0 Å². The van der Waals surface area contributed by atoms with Gasteiger partial charge in [-0.1, -0.05) is 32.3 Å². The molecule has 1 aromatic rings. The van der Waals surface area contributed by atoms with Crippen molar-refractivity contribution < 1.29 is 9.13 Å². The molecule has 0 amide bonds. The number of rotatable bonds is 6. The van der Waals surface area contributed by atoms with Crippen LogP contribution in [0.5, 0.6) is 0 Å². The molecule has 2 atom stereocenters. The highest BCUT2D eigenvalue weighted by atomic mass is 19.1. The van der Waals surface area contributed by atoms with Gasteiger partial charge in [0, 0.05) is 18.8 Å². The molecule has 1 heterocycles. The SMILES string of the molecule is CCCCCCc1ccc(N2C[C@@H](C)O[C@@H](C)C2)cc1F. The third kappa shape index (κ3) is 4.70.